The van der Waals surface area contributed by atoms with Crippen molar-refractivity contribution in [3.05, 3.63) is 59.2 Å². The molecule has 2 fully saturated rings. The Morgan fingerprint density at radius 2 is 1.93 bits per heavy atom. The molecule has 0 saturated carbocycles. The predicted octanol–water partition coefficient (Wildman–Crippen LogP) is 3.62. The zero-order valence-corrected chi connectivity index (χ0v) is 17.2. The van der Waals surface area contributed by atoms with Crippen molar-refractivity contribution >= 4 is 11.7 Å². The van der Waals surface area contributed by atoms with Crippen molar-refractivity contribution in [2.45, 2.75) is 37.8 Å². The van der Waals surface area contributed by atoms with Crippen molar-refractivity contribution in [2.24, 2.45) is 0 Å². The maximum Gasteiger partial charge on any atom is 0.322 e. The minimum absolute atomic E-state index is 0.0445. The first-order chi connectivity index (χ1) is 14.6. The number of amides is 2. The van der Waals surface area contributed by atoms with Gasteiger partial charge in [-0.2, -0.15) is 5.26 Å². The fourth-order valence-corrected chi connectivity index (χ4v) is 4.91. The summed E-state index contributed by atoms with van der Waals surface area (Å²) in [7, 11) is 0. The fraction of sp³-hybridized carbons (Fsp3) is 0.417. The number of anilines is 1. The second kappa shape index (κ2) is 7.33. The van der Waals surface area contributed by atoms with Crippen LogP contribution in [0, 0.1) is 11.3 Å². The van der Waals surface area contributed by atoms with Crippen molar-refractivity contribution in [2.75, 3.05) is 31.1 Å². The highest BCUT2D eigenvalue weighted by atomic mass is 16.5. The number of rotatable bonds is 3. The average molecular weight is 402 g/mol. The molecule has 1 spiro atoms. The fourth-order valence-electron chi connectivity index (χ4n) is 4.91. The van der Waals surface area contributed by atoms with Gasteiger partial charge in [0.1, 0.15) is 5.75 Å². The number of hydrogen-bond donors (Lipinski definition) is 1. The van der Waals surface area contributed by atoms with Crippen LogP contribution in [0.5, 0.6) is 5.75 Å². The number of urea groups is 1. The Morgan fingerprint density at radius 1 is 1.17 bits per heavy atom. The molecule has 2 aromatic carbocycles. The van der Waals surface area contributed by atoms with Crippen LogP contribution in [0.25, 0.3) is 0 Å². The first-order valence-electron chi connectivity index (χ1n) is 10.7. The third kappa shape index (κ3) is 3.29. The number of fused-ring (bicyclic) bond motifs is 1. The lowest BCUT2D eigenvalue weighted by atomic mass is 9.87. The van der Waals surface area contributed by atoms with Crippen LogP contribution in [-0.4, -0.2) is 42.7 Å². The molecule has 2 saturated heterocycles. The van der Waals surface area contributed by atoms with Gasteiger partial charge in [0, 0.05) is 31.2 Å². The second-order valence-electron chi connectivity index (χ2n) is 8.63. The second-order valence-corrected chi connectivity index (χ2v) is 8.63. The molecule has 0 radical (unpaired) electrons. The molecule has 3 aliphatic heterocycles. The highest BCUT2D eigenvalue weighted by Gasteiger charge is 2.45. The highest BCUT2D eigenvalue weighted by Crippen LogP contribution is 2.36. The van der Waals surface area contributed by atoms with Gasteiger partial charge in [-0.25, -0.2) is 4.79 Å². The van der Waals surface area contributed by atoms with E-state index in [1.54, 1.807) is 17.0 Å². The number of hydrogen-bond acceptors (Lipinski definition) is 4. The minimum atomic E-state index is -0.178. The monoisotopic (exact) mass is 402 g/mol. The number of nitrogens with zero attached hydrogens (tertiary/aromatic N) is 3. The number of piperidine rings is 1. The lowest BCUT2D eigenvalue weighted by molar-refractivity contribution is 0.121. The Labute approximate surface area is 177 Å². The maximum absolute atomic E-state index is 12.7. The lowest BCUT2D eigenvalue weighted by Crippen LogP contribution is -2.52. The Bertz CT molecular complexity index is 1000. The highest BCUT2D eigenvalue weighted by molar-refractivity contribution is 5.95. The zero-order chi connectivity index (χ0) is 20.7. The standard InChI is InChI=1S/C24H26N4O2/c1-17(20-5-4-19-8-13-30-22(19)14-20)27-11-9-24(10-12-27)16-28(23(29)26-24)21-6-2-18(15-25)3-7-21/h2-7,14,17H,8-13,16H2,1H3,(H,26,29). The van der Waals surface area contributed by atoms with Crippen LogP contribution in [0.3, 0.4) is 0 Å². The molecule has 2 aromatic rings. The van der Waals surface area contributed by atoms with Crippen molar-refractivity contribution in [1.82, 2.24) is 10.2 Å². The molecule has 1 unspecified atom stereocenters. The number of nitrogens with one attached hydrogen (secondary N) is 1. The summed E-state index contributed by atoms with van der Waals surface area (Å²) in [6, 6.07) is 16.3. The van der Waals surface area contributed by atoms with Gasteiger partial charge in [-0.1, -0.05) is 12.1 Å². The van der Waals surface area contributed by atoms with E-state index in [9.17, 15) is 4.79 Å². The van der Waals surface area contributed by atoms with Crippen LogP contribution < -0.4 is 15.0 Å². The van der Waals surface area contributed by atoms with Gasteiger partial charge in [-0.05, 0) is 61.2 Å². The molecule has 1 N–H and O–H groups in total. The summed E-state index contributed by atoms with van der Waals surface area (Å²) >= 11 is 0. The summed E-state index contributed by atoms with van der Waals surface area (Å²) in [5.74, 6) is 1.04. The van der Waals surface area contributed by atoms with Crippen molar-refractivity contribution in [1.29, 1.82) is 5.26 Å². The molecule has 0 bridgehead atoms. The lowest BCUT2D eigenvalue weighted by Gasteiger charge is -2.41. The minimum Gasteiger partial charge on any atom is -0.493 e. The Balaban J connectivity index is 1.25. The van der Waals surface area contributed by atoms with Gasteiger partial charge < -0.3 is 10.1 Å². The molecule has 3 aliphatic rings. The van der Waals surface area contributed by atoms with Gasteiger partial charge in [0.05, 0.1) is 30.3 Å². The number of ether oxygens (including phenoxy) is 1. The molecule has 3 heterocycles. The van der Waals surface area contributed by atoms with Crippen LogP contribution in [0.15, 0.2) is 42.5 Å². The number of carbonyl (C=O) groups excluding carboxylic acids is 1. The van der Waals surface area contributed by atoms with E-state index in [1.165, 1.54) is 11.1 Å². The largest absolute Gasteiger partial charge is 0.493 e. The van der Waals surface area contributed by atoms with Crippen molar-refractivity contribution in [3.8, 4) is 11.8 Å². The SMILES string of the molecule is CC(c1ccc2c(c1)OCC2)N1CCC2(CC1)CN(c1ccc(C#N)cc1)C(=O)N2. The molecule has 6 nitrogen and oxygen atoms in total. The van der Waals surface area contributed by atoms with Gasteiger partial charge in [-0.15, -0.1) is 0 Å². The Kier molecular flexibility index (Phi) is 4.63. The summed E-state index contributed by atoms with van der Waals surface area (Å²) in [5.41, 5.74) is 3.87. The summed E-state index contributed by atoms with van der Waals surface area (Å²) < 4.78 is 5.74. The number of carbonyl (C=O) groups is 1. The van der Waals surface area contributed by atoms with E-state index in [4.69, 9.17) is 10.00 Å². The number of likely N-dealkylation sites (tertiary alicyclic amines) is 1. The summed E-state index contributed by atoms with van der Waals surface area (Å²) in [6.07, 6.45) is 2.86. The predicted molar refractivity (Wildman–Crippen MR) is 115 cm³/mol. The molecule has 0 aliphatic carbocycles. The zero-order valence-electron chi connectivity index (χ0n) is 17.2. The van der Waals surface area contributed by atoms with Crippen LogP contribution >= 0.6 is 0 Å². The summed E-state index contributed by atoms with van der Waals surface area (Å²) in [5, 5.41) is 12.2. The van der Waals surface area contributed by atoms with Gasteiger partial charge in [0.2, 0.25) is 0 Å². The number of nitriles is 1. The van der Waals surface area contributed by atoms with E-state index in [-0.39, 0.29) is 11.6 Å². The molecule has 154 valence electrons. The average Bonchev–Trinajstić information content (AvgIpc) is 3.37. The molecule has 2 amide bonds. The Morgan fingerprint density at radius 3 is 2.67 bits per heavy atom. The van der Waals surface area contributed by atoms with Gasteiger partial charge in [0.15, 0.2) is 0 Å². The molecular weight excluding hydrogens is 376 g/mol. The third-order valence-electron chi connectivity index (χ3n) is 6.89. The van der Waals surface area contributed by atoms with E-state index in [0.29, 0.717) is 18.2 Å². The summed E-state index contributed by atoms with van der Waals surface area (Å²) in [4.78, 5) is 17.0. The molecule has 6 heteroatoms. The van der Waals surface area contributed by atoms with Crippen LogP contribution in [-0.2, 0) is 6.42 Å². The van der Waals surface area contributed by atoms with E-state index in [1.807, 2.05) is 12.1 Å². The van der Waals surface area contributed by atoms with E-state index >= 15 is 0 Å². The smallest absolute Gasteiger partial charge is 0.322 e. The van der Waals surface area contributed by atoms with Gasteiger partial charge >= 0.3 is 6.03 Å². The van der Waals surface area contributed by atoms with E-state index < -0.39 is 0 Å². The van der Waals surface area contributed by atoms with Gasteiger partial charge in [-0.3, -0.25) is 9.80 Å². The van der Waals surface area contributed by atoms with Crippen LogP contribution in [0.2, 0.25) is 0 Å². The number of benzene rings is 2. The van der Waals surface area contributed by atoms with Crippen LogP contribution in [0.1, 0.15) is 42.5 Å². The van der Waals surface area contributed by atoms with E-state index in [0.717, 1.165) is 50.4 Å². The third-order valence-corrected chi connectivity index (χ3v) is 6.89. The molecule has 1 atom stereocenters. The first kappa shape index (κ1) is 19.0. The topological polar surface area (TPSA) is 68.6 Å². The first-order valence-corrected chi connectivity index (χ1v) is 10.7. The quantitative estimate of drug-likeness (QED) is 0.851. The van der Waals surface area contributed by atoms with E-state index in [2.05, 4.69) is 41.4 Å². The Hall–Kier alpha value is -3.04. The molecule has 30 heavy (non-hydrogen) atoms. The van der Waals surface area contributed by atoms with Crippen molar-refractivity contribution < 1.29 is 9.53 Å². The molecule has 5 rings (SSSR count). The van der Waals surface area contributed by atoms with Crippen molar-refractivity contribution in [3.63, 3.8) is 0 Å². The van der Waals surface area contributed by atoms with Crippen LogP contribution in [0.4, 0.5) is 10.5 Å². The molecule has 0 aromatic heterocycles. The summed E-state index contributed by atoms with van der Waals surface area (Å²) in [6.45, 7) is 5.60. The normalized spacial score (nSPS) is 21.1. The van der Waals surface area contributed by atoms with Gasteiger partial charge in [0.25, 0.3) is 0 Å². The maximum atomic E-state index is 12.7. The molecular formula is C24H26N4O2.